The average molecular weight is 276 g/mol. The van der Waals surface area contributed by atoms with Crippen molar-refractivity contribution < 1.29 is 0 Å². The Morgan fingerprint density at radius 1 is 1.17 bits per heavy atom. The first-order valence-corrected chi connectivity index (χ1v) is 6.70. The third kappa shape index (κ3) is 2.44. The molecule has 0 spiro atoms. The summed E-state index contributed by atoms with van der Waals surface area (Å²) >= 11 is 7.44. The van der Waals surface area contributed by atoms with Crippen LogP contribution in [0.1, 0.15) is 4.88 Å². The molecular formula is C13H10ClN3S. The van der Waals surface area contributed by atoms with Gasteiger partial charge in [-0.3, -0.25) is 0 Å². The molecule has 0 aliphatic heterocycles. The molecule has 3 aromatic rings. The van der Waals surface area contributed by atoms with Crippen molar-refractivity contribution >= 4 is 39.8 Å². The minimum atomic E-state index is 0.637. The first-order valence-electron chi connectivity index (χ1n) is 5.51. The number of aromatic nitrogens is 2. The summed E-state index contributed by atoms with van der Waals surface area (Å²) in [7, 11) is 0. The first-order chi connectivity index (χ1) is 8.81. The number of nitrogens with one attached hydrogen (secondary N) is 1. The van der Waals surface area contributed by atoms with Gasteiger partial charge in [0.2, 0.25) is 5.95 Å². The second-order valence-electron chi connectivity index (χ2n) is 3.81. The van der Waals surface area contributed by atoms with E-state index in [9.17, 15) is 0 Å². The molecule has 0 bridgehead atoms. The Morgan fingerprint density at radius 2 is 2.06 bits per heavy atom. The molecule has 0 amide bonds. The van der Waals surface area contributed by atoms with Crippen LogP contribution in [0.2, 0.25) is 4.34 Å². The van der Waals surface area contributed by atoms with Crippen molar-refractivity contribution in [2.75, 3.05) is 5.32 Å². The van der Waals surface area contributed by atoms with E-state index < -0.39 is 0 Å². The van der Waals surface area contributed by atoms with Gasteiger partial charge < -0.3 is 5.32 Å². The Morgan fingerprint density at radius 3 is 2.89 bits per heavy atom. The molecule has 0 saturated heterocycles. The fraction of sp³-hybridized carbons (Fsp3) is 0.0769. The molecule has 1 aromatic carbocycles. The molecule has 0 aliphatic rings. The maximum atomic E-state index is 5.88. The molecule has 3 rings (SSSR count). The quantitative estimate of drug-likeness (QED) is 0.786. The van der Waals surface area contributed by atoms with Crippen molar-refractivity contribution in [3.05, 3.63) is 51.8 Å². The van der Waals surface area contributed by atoms with E-state index in [1.165, 1.54) is 0 Å². The number of halogens is 1. The van der Waals surface area contributed by atoms with Gasteiger partial charge in [0, 0.05) is 16.5 Å². The number of rotatable bonds is 3. The number of hydrogen-bond acceptors (Lipinski definition) is 4. The van der Waals surface area contributed by atoms with Crippen molar-refractivity contribution in [3.63, 3.8) is 0 Å². The molecule has 90 valence electrons. The Kier molecular flexibility index (Phi) is 3.13. The van der Waals surface area contributed by atoms with E-state index in [0.717, 1.165) is 20.1 Å². The molecule has 0 aliphatic carbocycles. The van der Waals surface area contributed by atoms with Crippen molar-refractivity contribution in [2.24, 2.45) is 0 Å². The number of para-hydroxylation sites is 1. The van der Waals surface area contributed by atoms with Gasteiger partial charge in [0.25, 0.3) is 0 Å². The van der Waals surface area contributed by atoms with Gasteiger partial charge in [-0.05, 0) is 18.2 Å². The summed E-state index contributed by atoms with van der Waals surface area (Å²) in [6, 6.07) is 11.8. The van der Waals surface area contributed by atoms with Crippen LogP contribution in [-0.4, -0.2) is 9.97 Å². The number of fused-ring (bicyclic) bond motifs is 1. The molecular weight excluding hydrogens is 266 g/mol. The standard InChI is InChI=1S/C13H10ClN3S/c14-12-6-5-10(18-12)8-16-13-15-7-9-3-1-2-4-11(9)17-13/h1-7H,8H2,(H,15,16,17). The topological polar surface area (TPSA) is 37.8 Å². The van der Waals surface area contributed by atoms with Crippen LogP contribution in [0.25, 0.3) is 10.9 Å². The highest BCUT2D eigenvalue weighted by Crippen LogP contribution is 2.22. The average Bonchev–Trinajstić information content (AvgIpc) is 2.82. The third-order valence-electron chi connectivity index (χ3n) is 2.54. The maximum absolute atomic E-state index is 5.88. The third-order valence-corrected chi connectivity index (χ3v) is 3.77. The van der Waals surface area contributed by atoms with E-state index in [0.29, 0.717) is 12.5 Å². The molecule has 1 N–H and O–H groups in total. The van der Waals surface area contributed by atoms with E-state index in [1.807, 2.05) is 42.6 Å². The van der Waals surface area contributed by atoms with Crippen LogP contribution in [0.3, 0.4) is 0 Å². The molecule has 0 unspecified atom stereocenters. The van der Waals surface area contributed by atoms with E-state index in [1.54, 1.807) is 11.3 Å². The van der Waals surface area contributed by atoms with Crippen LogP contribution in [-0.2, 0) is 6.54 Å². The van der Waals surface area contributed by atoms with Crippen LogP contribution >= 0.6 is 22.9 Å². The molecule has 2 heterocycles. The number of nitrogens with zero attached hydrogens (tertiary/aromatic N) is 2. The highest BCUT2D eigenvalue weighted by Gasteiger charge is 2.01. The summed E-state index contributed by atoms with van der Waals surface area (Å²) in [6.45, 7) is 0.690. The molecule has 18 heavy (non-hydrogen) atoms. The second kappa shape index (κ2) is 4.92. The van der Waals surface area contributed by atoms with Gasteiger partial charge in [-0.25, -0.2) is 9.97 Å². The van der Waals surface area contributed by atoms with Crippen LogP contribution in [0.5, 0.6) is 0 Å². The summed E-state index contributed by atoms with van der Waals surface area (Å²) in [5.74, 6) is 0.637. The highest BCUT2D eigenvalue weighted by atomic mass is 35.5. The number of benzene rings is 1. The Balaban J connectivity index is 1.78. The normalized spacial score (nSPS) is 10.7. The lowest BCUT2D eigenvalue weighted by atomic mass is 10.2. The van der Waals surface area contributed by atoms with Crippen LogP contribution < -0.4 is 5.32 Å². The molecule has 0 fully saturated rings. The fourth-order valence-corrected chi connectivity index (χ4v) is 2.70. The Labute approximate surface area is 113 Å². The minimum Gasteiger partial charge on any atom is -0.349 e. The predicted molar refractivity (Wildman–Crippen MR) is 76.2 cm³/mol. The SMILES string of the molecule is Clc1ccc(CNc2ncc3ccccc3n2)s1. The van der Waals surface area contributed by atoms with Gasteiger partial charge in [0.15, 0.2) is 0 Å². The zero-order valence-electron chi connectivity index (χ0n) is 9.43. The van der Waals surface area contributed by atoms with E-state index >= 15 is 0 Å². The molecule has 0 saturated carbocycles. The van der Waals surface area contributed by atoms with E-state index in [2.05, 4.69) is 15.3 Å². The molecule has 3 nitrogen and oxygen atoms in total. The lowest BCUT2D eigenvalue weighted by Gasteiger charge is -2.03. The smallest absolute Gasteiger partial charge is 0.223 e. The summed E-state index contributed by atoms with van der Waals surface area (Å²) in [5, 5.41) is 4.24. The lowest BCUT2D eigenvalue weighted by molar-refractivity contribution is 1.09. The van der Waals surface area contributed by atoms with Crippen molar-refractivity contribution in [2.45, 2.75) is 6.54 Å². The zero-order chi connectivity index (χ0) is 12.4. The number of hydrogen-bond donors (Lipinski definition) is 1. The fourth-order valence-electron chi connectivity index (χ4n) is 1.67. The minimum absolute atomic E-state index is 0.637. The summed E-state index contributed by atoms with van der Waals surface area (Å²) < 4.78 is 0.797. The maximum Gasteiger partial charge on any atom is 0.223 e. The van der Waals surface area contributed by atoms with Gasteiger partial charge in [0.1, 0.15) is 0 Å². The van der Waals surface area contributed by atoms with E-state index in [-0.39, 0.29) is 0 Å². The van der Waals surface area contributed by atoms with Gasteiger partial charge in [0.05, 0.1) is 16.4 Å². The predicted octanol–water partition coefficient (Wildman–Crippen LogP) is 3.96. The van der Waals surface area contributed by atoms with Gasteiger partial charge in [-0.15, -0.1) is 11.3 Å². The van der Waals surface area contributed by atoms with Crippen molar-refractivity contribution in [1.82, 2.24) is 9.97 Å². The summed E-state index contributed by atoms with van der Waals surface area (Å²) in [5.41, 5.74) is 0.944. The van der Waals surface area contributed by atoms with Gasteiger partial charge in [-0.2, -0.15) is 0 Å². The second-order valence-corrected chi connectivity index (χ2v) is 5.61. The van der Waals surface area contributed by atoms with Crippen LogP contribution in [0.4, 0.5) is 5.95 Å². The molecule has 0 radical (unpaired) electrons. The number of thiophene rings is 1. The van der Waals surface area contributed by atoms with Gasteiger partial charge in [-0.1, -0.05) is 29.8 Å². The Bertz CT molecular complexity index is 681. The number of anilines is 1. The van der Waals surface area contributed by atoms with Crippen LogP contribution in [0, 0.1) is 0 Å². The molecule has 2 aromatic heterocycles. The molecule has 0 atom stereocenters. The Hall–Kier alpha value is -1.65. The first kappa shape index (κ1) is 11.4. The summed E-state index contributed by atoms with van der Waals surface area (Å²) in [6.07, 6.45) is 1.83. The van der Waals surface area contributed by atoms with Crippen LogP contribution in [0.15, 0.2) is 42.6 Å². The largest absolute Gasteiger partial charge is 0.349 e. The van der Waals surface area contributed by atoms with Gasteiger partial charge >= 0.3 is 0 Å². The zero-order valence-corrected chi connectivity index (χ0v) is 11.0. The summed E-state index contributed by atoms with van der Waals surface area (Å²) in [4.78, 5) is 9.89. The highest BCUT2D eigenvalue weighted by molar-refractivity contribution is 7.16. The van der Waals surface area contributed by atoms with Crippen molar-refractivity contribution in [3.8, 4) is 0 Å². The lowest BCUT2D eigenvalue weighted by Crippen LogP contribution is -2.01. The van der Waals surface area contributed by atoms with Crippen molar-refractivity contribution in [1.29, 1.82) is 0 Å². The monoisotopic (exact) mass is 275 g/mol. The van der Waals surface area contributed by atoms with E-state index in [4.69, 9.17) is 11.6 Å². The molecule has 5 heteroatoms.